The quantitative estimate of drug-likeness (QED) is 0.396. The number of thioether (sulfide) groups is 1. The summed E-state index contributed by atoms with van der Waals surface area (Å²) < 4.78 is 21.6. The van der Waals surface area contributed by atoms with E-state index in [0.717, 1.165) is 43.4 Å². The third kappa shape index (κ3) is 6.11. The van der Waals surface area contributed by atoms with Crippen LogP contribution in [-0.2, 0) is 4.79 Å². The number of piperazine rings is 1. The maximum Gasteiger partial charge on any atom is 0.234 e. The van der Waals surface area contributed by atoms with E-state index in [1.165, 1.54) is 33.1 Å². The van der Waals surface area contributed by atoms with Gasteiger partial charge in [0.05, 0.1) is 39.9 Å². The lowest BCUT2D eigenvalue weighted by Crippen LogP contribution is -2.47. The number of para-hydroxylation sites is 2. The second kappa shape index (κ2) is 12.4. The Hall–Kier alpha value is -3.86. The van der Waals surface area contributed by atoms with Crippen LogP contribution in [-0.4, -0.2) is 76.2 Å². The van der Waals surface area contributed by atoms with Gasteiger partial charge in [-0.1, -0.05) is 23.9 Å². The van der Waals surface area contributed by atoms with E-state index in [9.17, 15) is 4.79 Å². The maximum absolute atomic E-state index is 12.8. The van der Waals surface area contributed by atoms with E-state index in [1.807, 2.05) is 18.2 Å². The number of carbonyl (C=O) groups excluding carboxylic acids is 1. The van der Waals surface area contributed by atoms with E-state index in [2.05, 4.69) is 31.2 Å². The number of benzene rings is 2. The van der Waals surface area contributed by atoms with Gasteiger partial charge in [0.25, 0.3) is 0 Å². The molecule has 196 valence electrons. The molecular formula is C26H31N5O5S. The summed E-state index contributed by atoms with van der Waals surface area (Å²) in [6.45, 7) is 3.20. The molecule has 0 radical (unpaired) electrons. The van der Waals surface area contributed by atoms with E-state index in [1.54, 1.807) is 31.6 Å². The van der Waals surface area contributed by atoms with Crippen LogP contribution in [0, 0.1) is 0 Å². The monoisotopic (exact) mass is 525 g/mol. The van der Waals surface area contributed by atoms with E-state index in [0.29, 0.717) is 28.0 Å². The van der Waals surface area contributed by atoms with Crippen molar-refractivity contribution in [1.82, 2.24) is 9.97 Å². The Morgan fingerprint density at radius 3 is 2.14 bits per heavy atom. The highest BCUT2D eigenvalue weighted by Crippen LogP contribution is 2.40. The highest BCUT2D eigenvalue weighted by molar-refractivity contribution is 8.00. The predicted octanol–water partition coefficient (Wildman–Crippen LogP) is 3.57. The number of hydrogen-bond donors (Lipinski definition) is 1. The van der Waals surface area contributed by atoms with Crippen molar-refractivity contribution in [2.45, 2.75) is 5.03 Å². The first kappa shape index (κ1) is 26.2. The minimum absolute atomic E-state index is 0.170. The summed E-state index contributed by atoms with van der Waals surface area (Å²) in [4.78, 5) is 26.4. The number of hydrogen-bond acceptors (Lipinski definition) is 10. The summed E-state index contributed by atoms with van der Waals surface area (Å²) in [6.07, 6.45) is 3.33. The minimum atomic E-state index is -0.183. The van der Waals surface area contributed by atoms with Crippen molar-refractivity contribution in [3.63, 3.8) is 0 Å². The molecule has 4 rings (SSSR count). The van der Waals surface area contributed by atoms with Gasteiger partial charge in [0.2, 0.25) is 11.7 Å². The number of carbonyl (C=O) groups is 1. The molecule has 37 heavy (non-hydrogen) atoms. The van der Waals surface area contributed by atoms with Crippen molar-refractivity contribution in [2.75, 3.05) is 75.5 Å². The predicted molar refractivity (Wildman–Crippen MR) is 145 cm³/mol. The number of methoxy groups -OCH3 is 4. The Balaban J connectivity index is 1.38. The van der Waals surface area contributed by atoms with Crippen molar-refractivity contribution in [3.8, 4) is 23.0 Å². The van der Waals surface area contributed by atoms with Crippen molar-refractivity contribution >= 4 is 34.9 Å². The average molecular weight is 526 g/mol. The fourth-order valence-corrected chi connectivity index (χ4v) is 4.96. The van der Waals surface area contributed by atoms with Crippen LogP contribution in [0.2, 0.25) is 0 Å². The Labute approximate surface area is 220 Å². The Kier molecular flexibility index (Phi) is 8.78. The minimum Gasteiger partial charge on any atom is -0.495 e. The number of ether oxygens (including phenoxy) is 4. The van der Waals surface area contributed by atoms with Gasteiger partial charge in [-0.05, 0) is 12.1 Å². The lowest BCUT2D eigenvalue weighted by atomic mass is 10.2. The van der Waals surface area contributed by atoms with Gasteiger partial charge in [-0.15, -0.1) is 0 Å². The molecule has 2 aromatic carbocycles. The Bertz CT molecular complexity index is 1190. The van der Waals surface area contributed by atoms with Crippen LogP contribution < -0.4 is 34.1 Å². The van der Waals surface area contributed by atoms with Gasteiger partial charge in [0.1, 0.15) is 10.8 Å². The molecule has 0 unspecified atom stereocenters. The third-order valence-electron chi connectivity index (χ3n) is 5.94. The molecule has 0 aliphatic carbocycles. The van der Waals surface area contributed by atoms with Crippen LogP contribution in [0.4, 0.5) is 17.2 Å². The molecular weight excluding hydrogens is 494 g/mol. The molecule has 2 heterocycles. The second-order valence-corrected chi connectivity index (χ2v) is 9.05. The van der Waals surface area contributed by atoms with E-state index in [4.69, 9.17) is 18.9 Å². The molecule has 0 saturated carbocycles. The lowest BCUT2D eigenvalue weighted by molar-refractivity contribution is -0.113. The highest BCUT2D eigenvalue weighted by Gasteiger charge is 2.23. The molecule has 1 aliphatic rings. The Morgan fingerprint density at radius 1 is 0.865 bits per heavy atom. The molecule has 0 atom stereocenters. The van der Waals surface area contributed by atoms with Gasteiger partial charge in [0.15, 0.2) is 17.3 Å². The molecule has 1 aromatic heterocycles. The van der Waals surface area contributed by atoms with Crippen molar-refractivity contribution in [3.05, 3.63) is 48.8 Å². The number of rotatable bonds is 10. The van der Waals surface area contributed by atoms with Gasteiger partial charge in [-0.3, -0.25) is 4.79 Å². The second-order valence-electron chi connectivity index (χ2n) is 8.08. The summed E-state index contributed by atoms with van der Waals surface area (Å²) >= 11 is 1.35. The largest absolute Gasteiger partial charge is 0.495 e. The first-order valence-electron chi connectivity index (χ1n) is 11.7. The highest BCUT2D eigenvalue weighted by atomic mass is 32.2. The first-order valence-corrected chi connectivity index (χ1v) is 12.7. The topological polar surface area (TPSA) is 98.3 Å². The zero-order valence-corrected chi connectivity index (χ0v) is 22.2. The summed E-state index contributed by atoms with van der Waals surface area (Å²) in [7, 11) is 6.29. The van der Waals surface area contributed by atoms with Gasteiger partial charge in [-0.2, -0.15) is 0 Å². The molecule has 1 fully saturated rings. The summed E-state index contributed by atoms with van der Waals surface area (Å²) in [5.41, 5.74) is 1.63. The van der Waals surface area contributed by atoms with Crippen molar-refractivity contribution < 1.29 is 23.7 Å². The number of nitrogens with zero attached hydrogens (tertiary/aromatic N) is 4. The molecule has 1 amide bonds. The molecule has 1 aliphatic heterocycles. The van der Waals surface area contributed by atoms with E-state index in [-0.39, 0.29) is 11.7 Å². The molecule has 0 bridgehead atoms. The van der Waals surface area contributed by atoms with Crippen LogP contribution in [0.1, 0.15) is 0 Å². The first-order chi connectivity index (χ1) is 18.1. The molecule has 1 saturated heterocycles. The zero-order valence-electron chi connectivity index (χ0n) is 21.4. The van der Waals surface area contributed by atoms with Gasteiger partial charge < -0.3 is 34.1 Å². The number of aromatic nitrogens is 2. The summed E-state index contributed by atoms with van der Waals surface area (Å²) in [5, 5.41) is 3.61. The maximum atomic E-state index is 12.8. The van der Waals surface area contributed by atoms with Crippen molar-refractivity contribution in [2.24, 2.45) is 0 Å². The fourth-order valence-electron chi connectivity index (χ4n) is 4.17. The average Bonchev–Trinajstić information content (AvgIpc) is 2.95. The lowest BCUT2D eigenvalue weighted by Gasteiger charge is -2.37. The van der Waals surface area contributed by atoms with Crippen LogP contribution in [0.15, 0.2) is 53.8 Å². The molecule has 0 spiro atoms. The van der Waals surface area contributed by atoms with Crippen LogP contribution in [0.25, 0.3) is 0 Å². The zero-order chi connectivity index (χ0) is 26.2. The van der Waals surface area contributed by atoms with Crippen LogP contribution in [0.3, 0.4) is 0 Å². The number of nitrogens with one attached hydrogen (secondary N) is 1. The summed E-state index contributed by atoms with van der Waals surface area (Å²) in [5.74, 6) is 3.03. The van der Waals surface area contributed by atoms with E-state index >= 15 is 0 Å². The fraction of sp³-hybridized carbons (Fsp3) is 0.346. The van der Waals surface area contributed by atoms with Gasteiger partial charge >= 0.3 is 0 Å². The standard InChI is InChI=1S/C26H31N5O5S/c1-33-20-8-6-5-7-19(20)30-11-13-31(14-12-30)25-26(28-10-9-27-25)37-17-23(32)29-18-15-21(34-2)24(36-4)22(16-18)35-3/h5-10,15-16H,11-14,17H2,1-4H3,(H,29,32). The van der Waals surface area contributed by atoms with Crippen molar-refractivity contribution in [1.29, 1.82) is 0 Å². The normalized spacial score (nSPS) is 13.2. The molecule has 1 N–H and O–H groups in total. The van der Waals surface area contributed by atoms with E-state index < -0.39 is 0 Å². The SMILES string of the molecule is COc1ccccc1N1CCN(c2nccnc2SCC(=O)Nc2cc(OC)c(OC)c(OC)c2)CC1. The number of anilines is 3. The van der Waals surface area contributed by atoms with Crippen LogP contribution in [0.5, 0.6) is 23.0 Å². The van der Waals surface area contributed by atoms with Crippen LogP contribution >= 0.6 is 11.8 Å². The molecule has 10 nitrogen and oxygen atoms in total. The van der Waals surface area contributed by atoms with Gasteiger partial charge in [0, 0.05) is 56.4 Å². The third-order valence-corrected chi connectivity index (χ3v) is 6.91. The smallest absolute Gasteiger partial charge is 0.234 e. The Morgan fingerprint density at radius 2 is 1.49 bits per heavy atom. The summed E-state index contributed by atoms with van der Waals surface area (Å²) in [6, 6.07) is 11.4. The van der Waals surface area contributed by atoms with Gasteiger partial charge in [-0.25, -0.2) is 9.97 Å². The number of amides is 1. The molecule has 11 heteroatoms. The molecule has 3 aromatic rings.